The van der Waals surface area contributed by atoms with E-state index in [2.05, 4.69) is 121 Å². The number of aryl methyl sites for hydroxylation is 1. The van der Waals surface area contributed by atoms with Gasteiger partial charge in [0, 0.05) is 17.6 Å². The summed E-state index contributed by atoms with van der Waals surface area (Å²) in [6.07, 6.45) is 11.7. The van der Waals surface area contributed by atoms with Crippen LogP contribution in [0.1, 0.15) is 61.9 Å². The van der Waals surface area contributed by atoms with Crippen LogP contribution in [0.3, 0.4) is 0 Å². The summed E-state index contributed by atoms with van der Waals surface area (Å²) in [6.45, 7) is 4.59. The molecule has 2 heterocycles. The average molecular weight is 447 g/mol. The third kappa shape index (κ3) is 3.15. The van der Waals surface area contributed by atoms with Crippen molar-refractivity contribution in [3.63, 3.8) is 0 Å². The van der Waals surface area contributed by atoms with Crippen LogP contribution in [-0.2, 0) is 5.41 Å². The Morgan fingerprint density at radius 3 is 2.09 bits per heavy atom. The highest BCUT2D eigenvalue weighted by molar-refractivity contribution is 5.65. The van der Waals surface area contributed by atoms with E-state index in [0.717, 1.165) is 0 Å². The second-order valence-corrected chi connectivity index (χ2v) is 10.2. The maximum atomic E-state index is 2.59. The Labute approximate surface area is 204 Å². The number of hydrogen-bond donors (Lipinski definition) is 0. The van der Waals surface area contributed by atoms with Crippen LogP contribution in [0, 0.1) is 12.8 Å². The van der Waals surface area contributed by atoms with Crippen molar-refractivity contribution < 1.29 is 0 Å². The van der Waals surface area contributed by atoms with Crippen LogP contribution in [0.5, 0.6) is 0 Å². The zero-order valence-corrected chi connectivity index (χ0v) is 20.3. The van der Waals surface area contributed by atoms with Gasteiger partial charge in [-0.25, -0.2) is 0 Å². The molecule has 0 spiro atoms. The number of nitrogens with zero attached hydrogens (tertiary/aromatic N) is 2. The molecule has 0 aromatic heterocycles. The minimum Gasteiger partial charge on any atom is -0.324 e. The molecule has 2 unspecified atom stereocenters. The molecule has 3 aromatic rings. The lowest BCUT2D eigenvalue weighted by Gasteiger charge is -2.41. The van der Waals surface area contributed by atoms with Gasteiger partial charge < -0.3 is 9.80 Å². The van der Waals surface area contributed by atoms with Gasteiger partial charge in [0.2, 0.25) is 0 Å². The van der Waals surface area contributed by atoms with Gasteiger partial charge in [-0.3, -0.25) is 0 Å². The molecule has 3 aromatic carbocycles. The Bertz CT molecular complexity index is 1220. The van der Waals surface area contributed by atoms with E-state index in [1.165, 1.54) is 65.9 Å². The van der Waals surface area contributed by atoms with Crippen LogP contribution in [0.2, 0.25) is 0 Å². The van der Waals surface area contributed by atoms with E-state index >= 15 is 0 Å². The molecule has 1 saturated carbocycles. The summed E-state index contributed by atoms with van der Waals surface area (Å²) in [5.41, 5.74) is 8.17. The van der Waals surface area contributed by atoms with Crippen LogP contribution in [-0.4, -0.2) is 4.90 Å². The molecular weight excluding hydrogens is 412 g/mol. The van der Waals surface area contributed by atoms with Crippen molar-refractivity contribution in [2.45, 2.75) is 57.5 Å². The molecule has 34 heavy (non-hydrogen) atoms. The van der Waals surface area contributed by atoms with E-state index in [0.29, 0.717) is 5.92 Å². The maximum Gasteiger partial charge on any atom is 0.136 e. The molecule has 6 rings (SSSR count). The van der Waals surface area contributed by atoms with Crippen LogP contribution in [0.25, 0.3) is 0 Å². The quantitative estimate of drug-likeness (QED) is 0.399. The molecule has 2 atom stereocenters. The summed E-state index contributed by atoms with van der Waals surface area (Å²) < 4.78 is 0. The molecule has 3 aliphatic rings. The van der Waals surface area contributed by atoms with Gasteiger partial charge in [0.15, 0.2) is 0 Å². The van der Waals surface area contributed by atoms with Crippen LogP contribution >= 0.6 is 0 Å². The standard InChI is InChI=1S/C32H34N2/c1-24-14-12-13-21-29(24)34-25(2)30-32(27-17-8-4-9-18-27,28-19-10-5-11-20-28)22-23-33(30)31(34)26-15-6-3-7-16-26/h3-4,6-9,12-18,21-23,28,31H,5,10-11,19-20H2,1-2H3. The maximum absolute atomic E-state index is 2.59. The van der Waals surface area contributed by atoms with Crippen molar-refractivity contribution in [3.05, 3.63) is 125 Å². The zero-order valence-electron chi connectivity index (χ0n) is 20.3. The van der Waals surface area contributed by atoms with Crippen molar-refractivity contribution in [3.8, 4) is 0 Å². The molecule has 1 aliphatic carbocycles. The number of anilines is 1. The number of benzene rings is 3. The first kappa shape index (κ1) is 21.3. The first-order valence-corrected chi connectivity index (χ1v) is 12.9. The topological polar surface area (TPSA) is 6.48 Å². The monoisotopic (exact) mass is 446 g/mol. The van der Waals surface area contributed by atoms with E-state index in [9.17, 15) is 0 Å². The highest BCUT2D eigenvalue weighted by atomic mass is 15.4. The third-order valence-electron chi connectivity index (χ3n) is 8.33. The number of hydrogen-bond acceptors (Lipinski definition) is 2. The number of allylic oxidation sites excluding steroid dienone is 2. The molecule has 1 fully saturated rings. The van der Waals surface area contributed by atoms with Gasteiger partial charge in [-0.05, 0) is 55.4 Å². The predicted octanol–water partition coefficient (Wildman–Crippen LogP) is 8.09. The fraction of sp³-hybridized carbons (Fsp3) is 0.312. The summed E-state index contributed by atoms with van der Waals surface area (Å²) in [5.74, 6) is 0.628. The summed E-state index contributed by atoms with van der Waals surface area (Å²) in [4.78, 5) is 5.17. The Balaban J connectivity index is 1.58. The summed E-state index contributed by atoms with van der Waals surface area (Å²) >= 11 is 0. The minimum atomic E-state index is -0.0732. The molecule has 2 nitrogen and oxygen atoms in total. The van der Waals surface area contributed by atoms with Crippen molar-refractivity contribution >= 4 is 5.69 Å². The van der Waals surface area contributed by atoms with E-state index in [1.807, 2.05) is 0 Å². The first-order valence-electron chi connectivity index (χ1n) is 12.9. The van der Waals surface area contributed by atoms with Gasteiger partial charge in [0.1, 0.15) is 6.17 Å². The molecule has 2 heteroatoms. The summed E-state index contributed by atoms with van der Waals surface area (Å²) in [5, 5.41) is 0. The molecule has 0 bridgehead atoms. The Hall–Kier alpha value is -3.26. The number of rotatable bonds is 4. The van der Waals surface area contributed by atoms with Crippen molar-refractivity contribution in [2.24, 2.45) is 5.92 Å². The van der Waals surface area contributed by atoms with E-state index < -0.39 is 0 Å². The number of para-hydroxylation sites is 1. The molecule has 2 aliphatic heterocycles. The van der Waals surface area contributed by atoms with E-state index in [4.69, 9.17) is 0 Å². The second-order valence-electron chi connectivity index (χ2n) is 10.2. The largest absolute Gasteiger partial charge is 0.324 e. The lowest BCUT2D eigenvalue weighted by molar-refractivity contribution is 0.250. The van der Waals surface area contributed by atoms with Gasteiger partial charge in [-0.1, -0.05) is 104 Å². The van der Waals surface area contributed by atoms with Crippen molar-refractivity contribution in [1.29, 1.82) is 0 Å². The fourth-order valence-corrected chi connectivity index (χ4v) is 6.83. The van der Waals surface area contributed by atoms with Crippen molar-refractivity contribution in [2.75, 3.05) is 4.90 Å². The Morgan fingerprint density at radius 1 is 0.735 bits per heavy atom. The van der Waals surface area contributed by atoms with E-state index in [1.54, 1.807) is 0 Å². The first-order chi connectivity index (χ1) is 16.7. The summed E-state index contributed by atoms with van der Waals surface area (Å²) in [6, 6.07) is 31.2. The number of fused-ring (bicyclic) bond motifs is 1. The molecule has 0 radical (unpaired) electrons. The molecule has 172 valence electrons. The molecule has 0 N–H and O–H groups in total. The zero-order chi connectivity index (χ0) is 23.1. The van der Waals surface area contributed by atoms with Gasteiger partial charge in [0.25, 0.3) is 0 Å². The lowest BCUT2D eigenvalue weighted by atomic mass is 9.63. The predicted molar refractivity (Wildman–Crippen MR) is 141 cm³/mol. The van der Waals surface area contributed by atoms with Crippen molar-refractivity contribution in [1.82, 2.24) is 4.90 Å². The highest BCUT2D eigenvalue weighted by Crippen LogP contribution is 2.58. The minimum absolute atomic E-state index is 0.0732. The SMILES string of the molecule is CC1=C2N(C=CC2(c2ccccc2)C2CCCCC2)C(c2ccccc2)N1c1ccccc1C. The van der Waals surface area contributed by atoms with E-state index in [-0.39, 0.29) is 11.6 Å². The van der Waals surface area contributed by atoms with Crippen LogP contribution in [0.15, 0.2) is 109 Å². The van der Waals surface area contributed by atoms with Crippen LogP contribution in [0.4, 0.5) is 5.69 Å². The normalized spacial score (nSPS) is 24.7. The Kier molecular flexibility index (Phi) is 5.32. The third-order valence-corrected chi connectivity index (χ3v) is 8.33. The van der Waals surface area contributed by atoms with Gasteiger partial charge in [0.05, 0.1) is 11.1 Å². The average Bonchev–Trinajstić information content (AvgIpc) is 3.43. The van der Waals surface area contributed by atoms with Crippen LogP contribution < -0.4 is 4.90 Å². The lowest BCUT2D eigenvalue weighted by Crippen LogP contribution is -2.37. The fourth-order valence-electron chi connectivity index (χ4n) is 6.83. The van der Waals surface area contributed by atoms with Gasteiger partial charge in [-0.2, -0.15) is 0 Å². The highest BCUT2D eigenvalue weighted by Gasteiger charge is 2.53. The molecule has 0 amide bonds. The second kappa shape index (κ2) is 8.51. The van der Waals surface area contributed by atoms with Gasteiger partial charge in [-0.15, -0.1) is 0 Å². The van der Waals surface area contributed by atoms with Gasteiger partial charge >= 0.3 is 0 Å². The smallest absolute Gasteiger partial charge is 0.136 e. The molecule has 0 saturated heterocycles. The summed E-state index contributed by atoms with van der Waals surface area (Å²) in [7, 11) is 0. The molecular formula is C32H34N2. The Morgan fingerprint density at radius 2 is 1.38 bits per heavy atom.